The molecule has 0 bridgehead atoms. The van der Waals surface area contributed by atoms with Gasteiger partial charge in [-0.25, -0.2) is 4.98 Å². The molecule has 0 aliphatic carbocycles. The molecule has 2 heterocycles. The van der Waals surface area contributed by atoms with Gasteiger partial charge in [-0.3, -0.25) is 14.3 Å². The van der Waals surface area contributed by atoms with Crippen LogP contribution in [0.15, 0.2) is 58.6 Å². The van der Waals surface area contributed by atoms with Gasteiger partial charge in [0.1, 0.15) is 0 Å². The summed E-state index contributed by atoms with van der Waals surface area (Å²) in [6.07, 6.45) is 1.74. The van der Waals surface area contributed by atoms with Crippen molar-refractivity contribution in [3.63, 3.8) is 0 Å². The number of fused-ring (bicyclic) bond motifs is 1. The standard InChI is InChI=1S/C16H15N3OS/c1-2-21-16-18-14-9-4-3-8-13(14)15(20)19(16)11-12-7-5-6-10-17-12/h3-10H,2,11H2,1H3. The minimum Gasteiger partial charge on any atom is -0.281 e. The zero-order chi connectivity index (χ0) is 14.7. The number of thioether (sulfide) groups is 1. The molecule has 0 radical (unpaired) electrons. The van der Waals surface area contributed by atoms with Crippen molar-refractivity contribution in [3.8, 4) is 0 Å². The lowest BCUT2D eigenvalue weighted by atomic mass is 10.2. The lowest BCUT2D eigenvalue weighted by Gasteiger charge is -2.12. The number of hydrogen-bond acceptors (Lipinski definition) is 4. The number of pyridine rings is 1. The second kappa shape index (κ2) is 6.10. The molecule has 3 rings (SSSR count). The summed E-state index contributed by atoms with van der Waals surface area (Å²) in [6, 6.07) is 13.2. The molecule has 0 unspecified atom stereocenters. The summed E-state index contributed by atoms with van der Waals surface area (Å²) < 4.78 is 1.71. The molecule has 0 fully saturated rings. The topological polar surface area (TPSA) is 47.8 Å². The molecular weight excluding hydrogens is 282 g/mol. The lowest BCUT2D eigenvalue weighted by Crippen LogP contribution is -2.24. The highest BCUT2D eigenvalue weighted by molar-refractivity contribution is 7.99. The molecule has 0 aliphatic rings. The maximum atomic E-state index is 12.7. The van der Waals surface area contributed by atoms with Crippen LogP contribution in [0.5, 0.6) is 0 Å². The first-order chi connectivity index (χ1) is 10.3. The fourth-order valence-electron chi connectivity index (χ4n) is 2.18. The summed E-state index contributed by atoms with van der Waals surface area (Å²) in [5, 5.41) is 1.39. The summed E-state index contributed by atoms with van der Waals surface area (Å²) in [7, 11) is 0. The third-order valence-corrected chi connectivity index (χ3v) is 4.00. The first-order valence-electron chi connectivity index (χ1n) is 6.82. The average molecular weight is 297 g/mol. The smallest absolute Gasteiger partial charge is 0.262 e. The quantitative estimate of drug-likeness (QED) is 0.549. The maximum Gasteiger partial charge on any atom is 0.262 e. The molecule has 0 saturated heterocycles. The molecule has 0 saturated carbocycles. The van der Waals surface area contributed by atoms with E-state index in [1.54, 1.807) is 22.5 Å². The van der Waals surface area contributed by atoms with Gasteiger partial charge in [-0.2, -0.15) is 0 Å². The second-order valence-electron chi connectivity index (χ2n) is 4.56. The first-order valence-corrected chi connectivity index (χ1v) is 7.80. The van der Waals surface area contributed by atoms with Crippen molar-refractivity contribution in [2.24, 2.45) is 0 Å². The van der Waals surface area contributed by atoms with Crippen molar-refractivity contribution in [1.82, 2.24) is 14.5 Å². The normalized spacial score (nSPS) is 10.9. The van der Waals surface area contributed by atoms with Crippen molar-refractivity contribution < 1.29 is 0 Å². The molecule has 0 spiro atoms. The SMILES string of the molecule is CCSc1nc2ccccc2c(=O)n1Cc1ccccn1. The molecule has 106 valence electrons. The van der Waals surface area contributed by atoms with E-state index < -0.39 is 0 Å². The fraction of sp³-hybridized carbons (Fsp3) is 0.188. The van der Waals surface area contributed by atoms with Gasteiger partial charge in [0.05, 0.1) is 23.1 Å². The van der Waals surface area contributed by atoms with E-state index in [2.05, 4.69) is 16.9 Å². The van der Waals surface area contributed by atoms with E-state index in [1.807, 2.05) is 42.5 Å². The van der Waals surface area contributed by atoms with Crippen LogP contribution in [0.2, 0.25) is 0 Å². The summed E-state index contributed by atoms with van der Waals surface area (Å²) in [4.78, 5) is 21.6. The number of rotatable bonds is 4. The molecule has 2 aromatic heterocycles. The highest BCUT2D eigenvalue weighted by Gasteiger charge is 2.11. The fourth-order valence-corrected chi connectivity index (χ4v) is 2.90. The summed E-state index contributed by atoms with van der Waals surface area (Å²) in [6.45, 7) is 2.50. The van der Waals surface area contributed by atoms with Crippen molar-refractivity contribution in [3.05, 3.63) is 64.7 Å². The highest BCUT2D eigenvalue weighted by atomic mass is 32.2. The first kappa shape index (κ1) is 13.8. The lowest BCUT2D eigenvalue weighted by molar-refractivity contribution is 0.647. The molecule has 1 aromatic carbocycles. The van der Waals surface area contributed by atoms with E-state index >= 15 is 0 Å². The van der Waals surface area contributed by atoms with Gasteiger partial charge in [0, 0.05) is 6.20 Å². The molecule has 4 nitrogen and oxygen atoms in total. The zero-order valence-electron chi connectivity index (χ0n) is 11.7. The zero-order valence-corrected chi connectivity index (χ0v) is 12.5. The van der Waals surface area contributed by atoms with Gasteiger partial charge in [0.25, 0.3) is 5.56 Å². The van der Waals surface area contributed by atoms with E-state index in [0.717, 1.165) is 22.1 Å². The highest BCUT2D eigenvalue weighted by Crippen LogP contribution is 2.18. The maximum absolute atomic E-state index is 12.7. The monoisotopic (exact) mass is 297 g/mol. The Morgan fingerprint density at radius 3 is 2.71 bits per heavy atom. The minimum atomic E-state index is -0.0118. The molecule has 0 atom stereocenters. The average Bonchev–Trinajstić information content (AvgIpc) is 2.52. The molecule has 3 aromatic rings. The molecule has 5 heteroatoms. The Bertz CT molecular complexity index is 815. The number of aromatic nitrogens is 3. The summed E-state index contributed by atoms with van der Waals surface area (Å²) in [5.41, 5.74) is 1.59. The van der Waals surface area contributed by atoms with Crippen LogP contribution in [0.4, 0.5) is 0 Å². The van der Waals surface area contributed by atoms with E-state index in [1.165, 1.54) is 0 Å². The van der Waals surface area contributed by atoms with Gasteiger partial charge >= 0.3 is 0 Å². The molecule has 0 amide bonds. The molecule has 21 heavy (non-hydrogen) atoms. The van der Waals surface area contributed by atoms with Crippen LogP contribution in [0.1, 0.15) is 12.6 Å². The third-order valence-electron chi connectivity index (χ3n) is 3.15. The summed E-state index contributed by atoms with van der Waals surface area (Å²) >= 11 is 1.57. The molecule has 0 N–H and O–H groups in total. The number of hydrogen-bond donors (Lipinski definition) is 0. The van der Waals surface area contributed by atoms with Gasteiger partial charge in [-0.05, 0) is 30.0 Å². The van der Waals surface area contributed by atoms with E-state index in [0.29, 0.717) is 11.9 Å². The Kier molecular flexibility index (Phi) is 4.01. The third kappa shape index (κ3) is 2.83. The number of para-hydroxylation sites is 1. The van der Waals surface area contributed by atoms with Gasteiger partial charge in [0.2, 0.25) is 0 Å². The van der Waals surface area contributed by atoms with Gasteiger partial charge in [0.15, 0.2) is 5.16 Å². The van der Waals surface area contributed by atoms with Crippen molar-refractivity contribution >= 4 is 22.7 Å². The van der Waals surface area contributed by atoms with Crippen LogP contribution in [-0.4, -0.2) is 20.3 Å². The second-order valence-corrected chi connectivity index (χ2v) is 5.79. The van der Waals surface area contributed by atoms with Crippen LogP contribution >= 0.6 is 11.8 Å². The van der Waals surface area contributed by atoms with E-state index in [-0.39, 0.29) is 5.56 Å². The Morgan fingerprint density at radius 1 is 1.14 bits per heavy atom. The van der Waals surface area contributed by atoms with Crippen LogP contribution in [0.3, 0.4) is 0 Å². The Balaban J connectivity index is 2.17. The molecule has 0 aliphatic heterocycles. The summed E-state index contributed by atoms with van der Waals surface area (Å²) in [5.74, 6) is 0.868. The Morgan fingerprint density at radius 2 is 1.95 bits per heavy atom. The number of nitrogens with zero attached hydrogens (tertiary/aromatic N) is 3. The van der Waals surface area contributed by atoms with Crippen molar-refractivity contribution in [1.29, 1.82) is 0 Å². The van der Waals surface area contributed by atoms with Crippen LogP contribution in [0.25, 0.3) is 10.9 Å². The molecular formula is C16H15N3OS. The van der Waals surface area contributed by atoms with Crippen molar-refractivity contribution in [2.45, 2.75) is 18.6 Å². The number of benzene rings is 1. The van der Waals surface area contributed by atoms with E-state index in [9.17, 15) is 4.79 Å². The van der Waals surface area contributed by atoms with E-state index in [4.69, 9.17) is 0 Å². The largest absolute Gasteiger partial charge is 0.281 e. The van der Waals surface area contributed by atoms with Crippen LogP contribution in [-0.2, 0) is 6.54 Å². The van der Waals surface area contributed by atoms with Gasteiger partial charge < -0.3 is 0 Å². The van der Waals surface area contributed by atoms with Gasteiger partial charge in [-0.15, -0.1) is 0 Å². The Labute approximate surface area is 126 Å². The van der Waals surface area contributed by atoms with Gasteiger partial charge in [-0.1, -0.05) is 36.9 Å². The Hall–Kier alpha value is -2.14. The predicted molar refractivity (Wildman–Crippen MR) is 85.7 cm³/mol. The minimum absolute atomic E-state index is 0.0118. The van der Waals surface area contributed by atoms with Crippen molar-refractivity contribution in [2.75, 3.05) is 5.75 Å². The van der Waals surface area contributed by atoms with Crippen LogP contribution < -0.4 is 5.56 Å². The predicted octanol–water partition coefficient (Wildman–Crippen LogP) is 2.95. The van der Waals surface area contributed by atoms with Crippen LogP contribution in [0, 0.1) is 0 Å².